The van der Waals surface area contributed by atoms with E-state index in [0.717, 1.165) is 38.0 Å². The van der Waals surface area contributed by atoms with Crippen molar-refractivity contribution in [2.45, 2.75) is 51.9 Å². The molecule has 0 heterocycles. The fourth-order valence-corrected chi connectivity index (χ4v) is 6.64. The summed E-state index contributed by atoms with van der Waals surface area (Å²) >= 11 is 0. The fourth-order valence-electron chi connectivity index (χ4n) is 6.64. The number of aromatic hydroxyl groups is 1. The number of phenolic OH excluding ortho intramolecular Hbond substituents is 1. The molecule has 3 aliphatic carbocycles. The second-order valence-corrected chi connectivity index (χ2v) is 9.96. The summed E-state index contributed by atoms with van der Waals surface area (Å²) in [6.45, 7) is 7.53. The smallest absolute Gasteiger partial charge is 0.115 e. The van der Waals surface area contributed by atoms with Crippen molar-refractivity contribution in [3.63, 3.8) is 0 Å². The highest BCUT2D eigenvalue weighted by Crippen LogP contribution is 2.63. The molecule has 154 valence electrons. The number of fused-ring (bicyclic) bond motifs is 5. The Kier molecular flexibility index (Phi) is 5.59. The summed E-state index contributed by atoms with van der Waals surface area (Å²) in [5, 5.41) is 9.93. The van der Waals surface area contributed by atoms with E-state index < -0.39 is 0 Å². The average Bonchev–Trinajstić information content (AvgIpc) is 2.97. The molecular formula is C25H37NO2. The van der Waals surface area contributed by atoms with Gasteiger partial charge in [-0.05, 0) is 98.5 Å². The van der Waals surface area contributed by atoms with Crippen molar-refractivity contribution < 1.29 is 9.84 Å². The lowest BCUT2D eigenvalue weighted by molar-refractivity contribution is 0.0484. The van der Waals surface area contributed by atoms with E-state index in [-0.39, 0.29) is 0 Å². The SMILES string of the molecule is C[C@@H]1Cc2cc(O)ccc2C2CC[C@]3(C)/C(=C/COCCN(C)C)CCC3C21. The number of hydrogen-bond donors (Lipinski definition) is 1. The van der Waals surface area contributed by atoms with Gasteiger partial charge in [0.15, 0.2) is 0 Å². The first-order valence-electron chi connectivity index (χ1n) is 11.1. The molecule has 28 heavy (non-hydrogen) atoms. The fraction of sp³-hybridized carbons (Fsp3) is 0.680. The third-order valence-electron chi connectivity index (χ3n) is 8.04. The topological polar surface area (TPSA) is 32.7 Å². The summed E-state index contributed by atoms with van der Waals surface area (Å²) in [6.07, 6.45) is 8.67. The van der Waals surface area contributed by atoms with Crippen molar-refractivity contribution in [2.75, 3.05) is 33.9 Å². The van der Waals surface area contributed by atoms with Gasteiger partial charge in [0.2, 0.25) is 0 Å². The molecule has 0 bridgehead atoms. The van der Waals surface area contributed by atoms with Crippen molar-refractivity contribution in [3.05, 3.63) is 41.0 Å². The maximum Gasteiger partial charge on any atom is 0.115 e. The summed E-state index contributed by atoms with van der Waals surface area (Å²) in [4.78, 5) is 2.17. The molecule has 3 nitrogen and oxygen atoms in total. The van der Waals surface area contributed by atoms with Crippen LogP contribution < -0.4 is 0 Å². The van der Waals surface area contributed by atoms with Crippen molar-refractivity contribution in [1.29, 1.82) is 0 Å². The molecule has 2 fully saturated rings. The summed E-state index contributed by atoms with van der Waals surface area (Å²) in [7, 11) is 4.18. The van der Waals surface area contributed by atoms with Crippen LogP contribution in [0.4, 0.5) is 0 Å². The molecule has 0 saturated heterocycles. The number of phenols is 1. The van der Waals surface area contributed by atoms with Crippen LogP contribution in [0.15, 0.2) is 29.8 Å². The maximum atomic E-state index is 9.93. The number of hydrogen-bond acceptors (Lipinski definition) is 3. The zero-order valence-electron chi connectivity index (χ0n) is 18.1. The molecule has 3 unspecified atom stereocenters. The number of rotatable bonds is 5. The molecule has 1 N–H and O–H groups in total. The van der Waals surface area contributed by atoms with Crippen LogP contribution >= 0.6 is 0 Å². The van der Waals surface area contributed by atoms with Crippen molar-refractivity contribution in [3.8, 4) is 5.75 Å². The van der Waals surface area contributed by atoms with Crippen molar-refractivity contribution in [1.82, 2.24) is 4.90 Å². The van der Waals surface area contributed by atoms with Crippen molar-refractivity contribution in [2.24, 2.45) is 23.2 Å². The van der Waals surface area contributed by atoms with Crippen LogP contribution in [0.1, 0.15) is 56.6 Å². The molecule has 0 radical (unpaired) electrons. The minimum absolute atomic E-state index is 0.356. The molecule has 0 amide bonds. The van der Waals surface area contributed by atoms with Crippen LogP contribution in [0.3, 0.4) is 0 Å². The van der Waals surface area contributed by atoms with Crippen LogP contribution in [0.25, 0.3) is 0 Å². The Balaban J connectivity index is 1.50. The van der Waals surface area contributed by atoms with Crippen LogP contribution in [-0.4, -0.2) is 43.9 Å². The van der Waals surface area contributed by atoms with Crippen LogP contribution in [0, 0.1) is 23.2 Å². The van der Waals surface area contributed by atoms with E-state index in [9.17, 15) is 5.11 Å². The Morgan fingerprint density at radius 2 is 2.11 bits per heavy atom. The standard InChI is InChI=1S/C25H37NO2/c1-17-15-18-16-20(27)6-7-21(18)22-9-11-25(2)19(5-8-23(25)24(17)22)10-13-28-14-12-26(3)4/h6-7,10,16-17,22-24,27H,5,8-9,11-15H2,1-4H3/b19-10+/t17-,22?,23?,24?,25-/m1/s1. The van der Waals surface area contributed by atoms with Gasteiger partial charge in [-0.25, -0.2) is 0 Å². The minimum Gasteiger partial charge on any atom is -0.508 e. The molecule has 3 heteroatoms. The zero-order chi connectivity index (χ0) is 19.9. The van der Waals surface area contributed by atoms with Gasteiger partial charge in [-0.3, -0.25) is 0 Å². The van der Waals surface area contributed by atoms with Crippen LogP contribution in [-0.2, 0) is 11.2 Å². The first-order valence-corrected chi connectivity index (χ1v) is 11.1. The molecule has 4 rings (SSSR count). The Morgan fingerprint density at radius 3 is 2.89 bits per heavy atom. The van der Waals surface area contributed by atoms with Crippen LogP contribution in [0.2, 0.25) is 0 Å². The quantitative estimate of drug-likeness (QED) is 0.574. The third kappa shape index (κ3) is 3.52. The molecule has 1 aromatic carbocycles. The number of benzene rings is 1. The van der Waals surface area contributed by atoms with Gasteiger partial charge < -0.3 is 14.7 Å². The molecule has 0 aliphatic heterocycles. The number of ether oxygens (including phenoxy) is 1. The predicted octanol–water partition coefficient (Wildman–Crippen LogP) is 5.00. The summed E-state index contributed by atoms with van der Waals surface area (Å²) < 4.78 is 5.87. The lowest BCUT2D eigenvalue weighted by atomic mass is 9.52. The van der Waals surface area contributed by atoms with E-state index >= 15 is 0 Å². The Bertz CT molecular complexity index is 740. The molecular weight excluding hydrogens is 346 g/mol. The maximum absolute atomic E-state index is 9.93. The largest absolute Gasteiger partial charge is 0.508 e. The number of likely N-dealkylation sites (N-methyl/N-ethyl adjacent to an activating group) is 1. The van der Waals surface area contributed by atoms with Crippen LogP contribution in [0.5, 0.6) is 5.75 Å². The zero-order valence-corrected chi connectivity index (χ0v) is 18.1. The Hall–Kier alpha value is -1.32. The lowest BCUT2D eigenvalue weighted by Gasteiger charge is -2.52. The lowest BCUT2D eigenvalue weighted by Crippen LogP contribution is -2.43. The van der Waals surface area contributed by atoms with Gasteiger partial charge >= 0.3 is 0 Å². The first kappa shape index (κ1) is 20.0. The average molecular weight is 384 g/mol. The van der Waals surface area contributed by atoms with Gasteiger partial charge in [-0.1, -0.05) is 31.6 Å². The molecule has 2 saturated carbocycles. The summed E-state index contributed by atoms with van der Waals surface area (Å²) in [5.74, 6) is 3.35. The van der Waals surface area contributed by atoms with E-state index in [0.29, 0.717) is 23.0 Å². The number of allylic oxidation sites excluding steroid dienone is 1. The highest BCUT2D eigenvalue weighted by molar-refractivity contribution is 5.41. The van der Waals surface area contributed by atoms with Gasteiger partial charge in [0.05, 0.1) is 13.2 Å². The molecule has 0 spiro atoms. The second-order valence-electron chi connectivity index (χ2n) is 9.96. The number of nitrogens with zero attached hydrogens (tertiary/aromatic N) is 1. The normalized spacial score (nSPS) is 35.7. The van der Waals surface area contributed by atoms with E-state index in [4.69, 9.17) is 4.74 Å². The molecule has 5 atom stereocenters. The van der Waals surface area contributed by atoms with Gasteiger partial charge in [0.25, 0.3) is 0 Å². The minimum atomic E-state index is 0.356. The third-order valence-corrected chi connectivity index (χ3v) is 8.04. The van der Waals surface area contributed by atoms with Gasteiger partial charge in [0.1, 0.15) is 5.75 Å². The second kappa shape index (κ2) is 7.84. The Labute approximate surface area is 170 Å². The molecule has 0 aromatic heterocycles. The highest BCUT2D eigenvalue weighted by atomic mass is 16.5. The van der Waals surface area contributed by atoms with Gasteiger partial charge in [-0.15, -0.1) is 0 Å². The summed E-state index contributed by atoms with van der Waals surface area (Å²) in [5.41, 5.74) is 4.92. The van der Waals surface area contributed by atoms with E-state index in [1.54, 1.807) is 5.57 Å². The highest BCUT2D eigenvalue weighted by Gasteiger charge is 2.54. The Morgan fingerprint density at radius 1 is 1.29 bits per heavy atom. The first-order chi connectivity index (χ1) is 13.4. The molecule has 1 aromatic rings. The van der Waals surface area contributed by atoms with E-state index in [1.165, 1.54) is 36.8 Å². The van der Waals surface area contributed by atoms with E-state index in [1.807, 2.05) is 12.1 Å². The van der Waals surface area contributed by atoms with Crippen molar-refractivity contribution >= 4 is 0 Å². The molecule has 3 aliphatic rings. The van der Waals surface area contributed by atoms with E-state index in [2.05, 4.69) is 45.0 Å². The monoisotopic (exact) mass is 383 g/mol. The van der Waals surface area contributed by atoms with Gasteiger partial charge in [-0.2, -0.15) is 0 Å². The van der Waals surface area contributed by atoms with Gasteiger partial charge in [0, 0.05) is 6.54 Å². The predicted molar refractivity (Wildman–Crippen MR) is 115 cm³/mol. The summed E-state index contributed by atoms with van der Waals surface area (Å²) in [6, 6.07) is 6.12.